The van der Waals surface area contributed by atoms with Crippen molar-refractivity contribution in [2.75, 3.05) is 0 Å². The number of fused-ring (bicyclic) bond motifs is 1. The third kappa shape index (κ3) is 3.31. The molecule has 134 valence electrons. The summed E-state index contributed by atoms with van der Waals surface area (Å²) in [6, 6.07) is 5.98. The van der Waals surface area contributed by atoms with Gasteiger partial charge in [0.1, 0.15) is 0 Å². The maximum atomic E-state index is 12.6. The number of amides is 1. The smallest absolute Gasteiger partial charge is 0.220 e. The molecule has 6 heteroatoms. The van der Waals surface area contributed by atoms with E-state index < -0.39 is 0 Å². The number of hydrogen-bond acceptors (Lipinski definition) is 4. The Morgan fingerprint density at radius 1 is 1.23 bits per heavy atom. The highest BCUT2D eigenvalue weighted by atomic mass is 16.1. The van der Waals surface area contributed by atoms with Gasteiger partial charge in [0.2, 0.25) is 5.91 Å². The first-order valence-electron chi connectivity index (χ1n) is 9.12. The van der Waals surface area contributed by atoms with Crippen LogP contribution in [0, 0.1) is 19.8 Å². The van der Waals surface area contributed by atoms with Crippen molar-refractivity contribution in [2.45, 2.75) is 45.6 Å². The molecular weight excluding hydrogens is 326 g/mol. The predicted molar refractivity (Wildman–Crippen MR) is 98.6 cm³/mol. The number of nitrogens with one attached hydrogen (secondary N) is 1. The highest BCUT2D eigenvalue weighted by molar-refractivity contribution is 5.77. The SMILES string of the molecule is Cc1nc2ccnn2c(C)c1CCC(=O)NC(c1ccncc1)C1CC1. The van der Waals surface area contributed by atoms with Gasteiger partial charge in [0.25, 0.3) is 0 Å². The summed E-state index contributed by atoms with van der Waals surface area (Å²) >= 11 is 0. The molecule has 1 amide bonds. The van der Waals surface area contributed by atoms with Crippen LogP contribution in [-0.4, -0.2) is 25.5 Å². The van der Waals surface area contributed by atoms with Gasteiger partial charge in [0.05, 0.1) is 12.2 Å². The van der Waals surface area contributed by atoms with E-state index in [4.69, 9.17) is 0 Å². The van der Waals surface area contributed by atoms with E-state index in [9.17, 15) is 4.79 Å². The second-order valence-electron chi connectivity index (χ2n) is 7.03. The van der Waals surface area contributed by atoms with Gasteiger partial charge < -0.3 is 5.32 Å². The molecule has 4 rings (SSSR count). The zero-order valence-corrected chi connectivity index (χ0v) is 15.1. The third-order valence-electron chi connectivity index (χ3n) is 5.17. The molecule has 3 aromatic rings. The van der Waals surface area contributed by atoms with E-state index in [1.54, 1.807) is 18.6 Å². The fourth-order valence-electron chi connectivity index (χ4n) is 3.59. The topological polar surface area (TPSA) is 72.2 Å². The standard InChI is InChI=1S/C20H23N5O/c1-13-17(14(2)25-18(23-13)9-12-22-25)5-6-19(26)24-20(15-3-4-15)16-7-10-21-11-8-16/h7-12,15,20H,3-6H2,1-2H3,(H,24,26). The van der Waals surface area contributed by atoms with E-state index in [1.807, 2.05) is 36.6 Å². The van der Waals surface area contributed by atoms with Gasteiger partial charge in [-0.2, -0.15) is 5.10 Å². The van der Waals surface area contributed by atoms with Crippen LogP contribution in [-0.2, 0) is 11.2 Å². The average Bonchev–Trinajstić information content (AvgIpc) is 3.38. The highest BCUT2D eigenvalue weighted by Crippen LogP contribution is 2.40. The van der Waals surface area contributed by atoms with Gasteiger partial charge in [-0.25, -0.2) is 9.50 Å². The number of rotatable bonds is 6. The molecule has 1 unspecified atom stereocenters. The molecular formula is C20H23N5O. The van der Waals surface area contributed by atoms with Gasteiger partial charge in [0.15, 0.2) is 5.65 Å². The molecule has 3 heterocycles. The van der Waals surface area contributed by atoms with Gasteiger partial charge in [-0.1, -0.05) is 0 Å². The average molecular weight is 349 g/mol. The van der Waals surface area contributed by atoms with Crippen LogP contribution in [0.5, 0.6) is 0 Å². The fourth-order valence-corrected chi connectivity index (χ4v) is 3.59. The number of hydrogen-bond donors (Lipinski definition) is 1. The summed E-state index contributed by atoms with van der Waals surface area (Å²) in [6.45, 7) is 4.03. The molecule has 1 saturated carbocycles. The molecule has 26 heavy (non-hydrogen) atoms. The first-order chi connectivity index (χ1) is 12.6. The molecule has 6 nitrogen and oxygen atoms in total. The van der Waals surface area contributed by atoms with Crippen molar-refractivity contribution in [1.29, 1.82) is 0 Å². The Morgan fingerprint density at radius 2 is 2.00 bits per heavy atom. The lowest BCUT2D eigenvalue weighted by Gasteiger charge is -2.19. The molecule has 0 spiro atoms. The summed E-state index contributed by atoms with van der Waals surface area (Å²) in [6.07, 6.45) is 8.78. The number of nitrogens with zero attached hydrogens (tertiary/aromatic N) is 4. The normalized spacial score (nSPS) is 15.2. The van der Waals surface area contributed by atoms with Crippen molar-refractivity contribution >= 4 is 11.6 Å². The molecule has 3 aromatic heterocycles. The van der Waals surface area contributed by atoms with E-state index in [0.717, 1.165) is 28.2 Å². The number of aromatic nitrogens is 4. The molecule has 1 aliphatic carbocycles. The first kappa shape index (κ1) is 16.7. The minimum absolute atomic E-state index is 0.0816. The van der Waals surface area contributed by atoms with E-state index in [2.05, 4.69) is 20.4 Å². The van der Waals surface area contributed by atoms with Gasteiger partial charge >= 0.3 is 0 Å². The van der Waals surface area contributed by atoms with Crippen LogP contribution in [0.25, 0.3) is 5.65 Å². The van der Waals surface area contributed by atoms with E-state index in [0.29, 0.717) is 18.8 Å². The van der Waals surface area contributed by atoms with Crippen molar-refractivity contribution < 1.29 is 4.79 Å². The zero-order chi connectivity index (χ0) is 18.1. The van der Waals surface area contributed by atoms with Crippen molar-refractivity contribution in [3.05, 3.63) is 59.3 Å². The molecule has 1 fully saturated rings. The Morgan fingerprint density at radius 3 is 2.73 bits per heavy atom. The molecule has 1 atom stereocenters. The van der Waals surface area contributed by atoms with Gasteiger partial charge in [-0.15, -0.1) is 0 Å². The number of pyridine rings is 1. The molecule has 1 N–H and O–H groups in total. The Balaban J connectivity index is 1.45. The lowest BCUT2D eigenvalue weighted by molar-refractivity contribution is -0.122. The van der Waals surface area contributed by atoms with E-state index >= 15 is 0 Å². The van der Waals surface area contributed by atoms with Crippen LogP contribution in [0.1, 0.15) is 47.8 Å². The Bertz CT molecular complexity index is 930. The summed E-state index contributed by atoms with van der Waals surface area (Å²) in [7, 11) is 0. The summed E-state index contributed by atoms with van der Waals surface area (Å²) in [5.41, 5.74) is 5.11. The van der Waals surface area contributed by atoms with Gasteiger partial charge in [-0.3, -0.25) is 9.78 Å². The maximum absolute atomic E-state index is 12.6. The van der Waals surface area contributed by atoms with Crippen LogP contribution in [0.2, 0.25) is 0 Å². The molecule has 0 aliphatic heterocycles. The second kappa shape index (κ2) is 6.86. The van der Waals surface area contributed by atoms with Crippen LogP contribution < -0.4 is 5.32 Å². The number of aryl methyl sites for hydroxylation is 2. The Labute approximate surface area is 152 Å². The number of carbonyl (C=O) groups is 1. The minimum atomic E-state index is 0.0816. The monoisotopic (exact) mass is 349 g/mol. The fraction of sp³-hybridized carbons (Fsp3) is 0.400. The lowest BCUT2D eigenvalue weighted by atomic mass is 10.0. The molecule has 0 bridgehead atoms. The van der Waals surface area contributed by atoms with Crippen molar-refractivity contribution in [3.63, 3.8) is 0 Å². The summed E-state index contributed by atoms with van der Waals surface area (Å²) in [5.74, 6) is 0.630. The van der Waals surface area contributed by atoms with Gasteiger partial charge in [-0.05, 0) is 62.3 Å². The lowest BCUT2D eigenvalue weighted by Crippen LogP contribution is -2.30. The summed E-state index contributed by atoms with van der Waals surface area (Å²) in [5, 5.41) is 7.54. The summed E-state index contributed by atoms with van der Waals surface area (Å²) in [4.78, 5) is 21.3. The Kier molecular flexibility index (Phi) is 4.41. The maximum Gasteiger partial charge on any atom is 0.220 e. The van der Waals surface area contributed by atoms with Gasteiger partial charge in [0, 0.05) is 36.3 Å². The van der Waals surface area contributed by atoms with E-state index in [-0.39, 0.29) is 11.9 Å². The zero-order valence-electron chi connectivity index (χ0n) is 15.1. The van der Waals surface area contributed by atoms with Crippen molar-refractivity contribution in [3.8, 4) is 0 Å². The quantitative estimate of drug-likeness (QED) is 0.743. The predicted octanol–water partition coefficient (Wildman–Crippen LogP) is 2.94. The highest BCUT2D eigenvalue weighted by Gasteiger charge is 2.33. The number of carbonyl (C=O) groups excluding carboxylic acids is 1. The van der Waals surface area contributed by atoms with Crippen LogP contribution in [0.15, 0.2) is 36.8 Å². The van der Waals surface area contributed by atoms with Crippen LogP contribution in [0.3, 0.4) is 0 Å². The summed E-state index contributed by atoms with van der Waals surface area (Å²) < 4.78 is 1.84. The largest absolute Gasteiger partial charge is 0.349 e. The first-order valence-corrected chi connectivity index (χ1v) is 9.12. The van der Waals surface area contributed by atoms with E-state index in [1.165, 1.54) is 12.8 Å². The molecule has 0 aromatic carbocycles. The van der Waals surface area contributed by atoms with Crippen molar-refractivity contribution in [1.82, 2.24) is 24.9 Å². The third-order valence-corrected chi connectivity index (χ3v) is 5.17. The molecule has 1 aliphatic rings. The second-order valence-corrected chi connectivity index (χ2v) is 7.03. The van der Waals surface area contributed by atoms with Crippen LogP contribution in [0.4, 0.5) is 0 Å². The molecule has 0 saturated heterocycles. The van der Waals surface area contributed by atoms with Crippen molar-refractivity contribution in [2.24, 2.45) is 5.92 Å². The Hall–Kier alpha value is -2.76. The van der Waals surface area contributed by atoms with Crippen LogP contribution >= 0.6 is 0 Å². The minimum Gasteiger partial charge on any atom is -0.349 e. The molecule has 0 radical (unpaired) electrons.